The van der Waals surface area contributed by atoms with E-state index in [1.807, 2.05) is 0 Å². The molecule has 0 fully saturated rings. The fraction of sp³-hybridized carbons (Fsp3) is 0.143. The van der Waals surface area contributed by atoms with Gasteiger partial charge in [-0.05, 0) is 17.7 Å². The summed E-state index contributed by atoms with van der Waals surface area (Å²) in [4.78, 5) is 37.1. The van der Waals surface area contributed by atoms with Crippen LogP contribution < -0.4 is 138 Å². The summed E-state index contributed by atoms with van der Waals surface area (Å²) >= 11 is 5.59. The molecule has 0 aliphatic rings. The van der Waals surface area contributed by atoms with E-state index in [1.165, 1.54) is 0 Å². The number of aliphatic hydroxyl groups excluding tert-OH is 1. The molecule has 1 N–H and O–H groups in total. The summed E-state index contributed by atoms with van der Waals surface area (Å²) in [6, 6.07) is 7.10. The van der Waals surface area contributed by atoms with Crippen molar-refractivity contribution in [3.8, 4) is 0 Å². The third kappa shape index (κ3) is 41.0. The van der Waals surface area contributed by atoms with E-state index in [0.29, 0.717) is 5.02 Å². The average Bonchev–Trinajstić information content (AvgIpc) is 2.37. The Balaban J connectivity index is -0.0000000577. The molecule has 1 aromatic carbocycles. The minimum absolute atomic E-state index is 0. The molecule has 0 saturated heterocycles. The molecule has 0 aliphatic carbocycles. The van der Waals surface area contributed by atoms with Crippen LogP contribution in [0.2, 0.25) is 5.02 Å². The van der Waals surface area contributed by atoms with Crippen molar-refractivity contribution in [1.29, 1.82) is 0 Å². The van der Waals surface area contributed by atoms with Gasteiger partial charge >= 0.3 is 118 Å². The smallest absolute Gasteiger partial charge is 0.781 e. The Morgan fingerprint density at radius 3 is 1.15 bits per heavy atom. The standard InChI is InChI=1S/C7H7ClO.4Na.2H4O5P2/c8-7-3-1-6(5-9)2-4-7;;;;;2*1-6(2)5-7(3)4/h1-4,9H,5H2;;;;;2*6-7H,(H,1,2)(H,3,4)/q;4*+1;;/p-4. The van der Waals surface area contributed by atoms with E-state index in [2.05, 4.69) is 8.62 Å². The van der Waals surface area contributed by atoms with Gasteiger partial charge in [-0.2, -0.15) is 0 Å². The molecule has 0 aromatic heterocycles. The molecule has 0 aliphatic heterocycles. The van der Waals surface area contributed by atoms with E-state index in [4.69, 9.17) is 16.7 Å². The zero-order valence-electron chi connectivity index (χ0n) is 14.9. The number of rotatable bonds is 5. The van der Waals surface area contributed by atoms with Crippen LogP contribution in [-0.4, -0.2) is 5.11 Å². The number of aliphatic hydroxyl groups is 1. The summed E-state index contributed by atoms with van der Waals surface area (Å²) < 4.78 is 43.6. The quantitative estimate of drug-likeness (QED) is 0.284. The SMILES string of the molecule is O=[PH]([O-])O[PH](=O)[O-].O=[PH]([O-])O[PH](=O)[O-].OCc1ccc(Cl)cc1.[Na+].[Na+].[Na+].[Na+]. The van der Waals surface area contributed by atoms with Gasteiger partial charge in [0.05, 0.1) is 6.61 Å². The summed E-state index contributed by atoms with van der Waals surface area (Å²) in [5, 5.41) is 9.29. The number of hydrogen-bond donors (Lipinski definition) is 1. The van der Waals surface area contributed by atoms with Crippen molar-refractivity contribution in [1.82, 2.24) is 0 Å². The Morgan fingerprint density at radius 2 is 1.00 bits per heavy atom. The monoisotopic (exact) mass is 522 g/mol. The van der Waals surface area contributed by atoms with Gasteiger partial charge in [0.15, 0.2) is 0 Å². The fourth-order valence-electron chi connectivity index (χ4n) is 0.726. The molecular formula is C7H11ClNa4O11P4. The van der Waals surface area contributed by atoms with Gasteiger partial charge in [-0.1, -0.05) is 23.7 Å². The van der Waals surface area contributed by atoms with Crippen molar-refractivity contribution in [2.75, 3.05) is 0 Å². The van der Waals surface area contributed by atoms with E-state index in [-0.39, 0.29) is 125 Å². The van der Waals surface area contributed by atoms with E-state index in [9.17, 15) is 37.8 Å². The third-order valence-electron chi connectivity index (χ3n) is 1.43. The van der Waals surface area contributed by atoms with Gasteiger partial charge in [0.2, 0.25) is 0 Å². The summed E-state index contributed by atoms with van der Waals surface area (Å²) in [7, 11) is -14.1. The molecule has 0 heterocycles. The summed E-state index contributed by atoms with van der Waals surface area (Å²) in [5.74, 6) is 0. The van der Waals surface area contributed by atoms with E-state index < -0.39 is 33.0 Å². The molecular weight excluding hydrogens is 511 g/mol. The fourth-order valence-corrected chi connectivity index (χ4v) is 1.94. The van der Waals surface area contributed by atoms with Crippen LogP contribution in [0.15, 0.2) is 24.3 Å². The first-order chi connectivity index (χ1) is 10.6. The van der Waals surface area contributed by atoms with Crippen LogP contribution in [0, 0.1) is 0 Å². The molecule has 0 saturated carbocycles. The second-order valence-electron chi connectivity index (χ2n) is 2.99. The predicted molar refractivity (Wildman–Crippen MR) is 75.6 cm³/mol. The van der Waals surface area contributed by atoms with E-state index >= 15 is 0 Å². The molecule has 1 rings (SSSR count). The molecule has 27 heavy (non-hydrogen) atoms. The van der Waals surface area contributed by atoms with E-state index in [0.717, 1.165) is 5.56 Å². The molecule has 20 heteroatoms. The second kappa shape index (κ2) is 30.1. The van der Waals surface area contributed by atoms with Crippen molar-refractivity contribution in [2.24, 2.45) is 0 Å². The largest absolute Gasteiger partial charge is 1.00 e. The van der Waals surface area contributed by atoms with Gasteiger partial charge < -0.3 is 42.9 Å². The first-order valence-corrected chi connectivity index (χ1v) is 10.4. The van der Waals surface area contributed by atoms with Gasteiger partial charge in [0, 0.05) is 5.02 Å². The maximum atomic E-state index is 9.29. The summed E-state index contributed by atoms with van der Waals surface area (Å²) in [6.45, 7) is 0.0805. The van der Waals surface area contributed by atoms with Crippen LogP contribution in [0.4, 0.5) is 0 Å². The molecule has 11 nitrogen and oxygen atoms in total. The third-order valence-corrected chi connectivity index (χ3v) is 4.35. The van der Waals surface area contributed by atoms with Gasteiger partial charge in [-0.3, -0.25) is 8.62 Å². The summed E-state index contributed by atoms with van der Waals surface area (Å²) in [6.07, 6.45) is 0. The number of benzene rings is 1. The normalized spacial score (nSPS) is 12.8. The minimum Gasteiger partial charge on any atom is -0.781 e. The second-order valence-corrected chi connectivity index (χ2v) is 7.06. The van der Waals surface area contributed by atoms with Gasteiger partial charge in [-0.25, -0.2) is 0 Å². The average molecular weight is 522 g/mol. The first kappa shape index (κ1) is 44.8. The molecule has 1 aromatic rings. The molecule has 0 radical (unpaired) electrons. The van der Waals surface area contributed by atoms with Crippen LogP contribution in [0.25, 0.3) is 0 Å². The van der Waals surface area contributed by atoms with Crippen LogP contribution in [0.1, 0.15) is 5.56 Å². The number of halogens is 1. The Labute approximate surface area is 251 Å². The maximum absolute atomic E-state index is 9.29. The molecule has 0 spiro atoms. The van der Waals surface area contributed by atoms with Gasteiger partial charge in [0.25, 0.3) is 0 Å². The predicted octanol–water partition coefficient (Wildman–Crippen LogP) is -13.1. The summed E-state index contributed by atoms with van der Waals surface area (Å²) in [5.41, 5.74) is 0.888. The molecule has 4 unspecified atom stereocenters. The van der Waals surface area contributed by atoms with Crippen molar-refractivity contribution >= 4 is 44.6 Å². The van der Waals surface area contributed by atoms with E-state index in [1.54, 1.807) is 24.3 Å². The maximum Gasteiger partial charge on any atom is 1.00 e. The molecule has 136 valence electrons. The van der Waals surface area contributed by atoms with Crippen LogP contribution >= 0.6 is 44.6 Å². The topological polar surface area (TPSA) is 199 Å². The van der Waals surface area contributed by atoms with Crippen molar-refractivity contribution in [3.63, 3.8) is 0 Å². The molecule has 0 amide bonds. The zero-order chi connectivity index (χ0) is 18.4. The van der Waals surface area contributed by atoms with Crippen LogP contribution in [0.3, 0.4) is 0 Å². The van der Waals surface area contributed by atoms with Crippen molar-refractivity contribution in [3.05, 3.63) is 34.9 Å². The number of hydrogen-bond acceptors (Lipinski definition) is 11. The van der Waals surface area contributed by atoms with Crippen LogP contribution in [0.5, 0.6) is 0 Å². The Bertz CT molecular complexity index is 502. The minimum atomic E-state index is -3.51. The van der Waals surface area contributed by atoms with Crippen LogP contribution in [-0.2, 0) is 33.5 Å². The molecule has 4 atom stereocenters. The molecule has 0 bridgehead atoms. The zero-order valence-corrected chi connectivity index (χ0v) is 27.7. The Hall–Kier alpha value is 4.15. The van der Waals surface area contributed by atoms with Crippen molar-refractivity contribution < 1.29 is 170 Å². The van der Waals surface area contributed by atoms with Gasteiger partial charge in [0.1, 0.15) is 33.0 Å². The Morgan fingerprint density at radius 1 is 0.741 bits per heavy atom. The van der Waals surface area contributed by atoms with Gasteiger partial charge in [-0.15, -0.1) is 0 Å². The van der Waals surface area contributed by atoms with Crippen molar-refractivity contribution in [2.45, 2.75) is 6.61 Å². The Kier molecular flexibility index (Phi) is 50.0. The first-order valence-electron chi connectivity index (χ1n) is 5.13.